The van der Waals surface area contributed by atoms with Gasteiger partial charge in [-0.3, -0.25) is 25.0 Å². The second-order valence-corrected chi connectivity index (χ2v) is 6.99. The molecule has 0 aromatic carbocycles. The Bertz CT molecular complexity index is 777. The average molecular weight is 372 g/mol. The van der Waals surface area contributed by atoms with Crippen LogP contribution >= 0.6 is 0 Å². The molecule has 1 aromatic rings. The second kappa shape index (κ2) is 6.47. The maximum atomic E-state index is 11.5. The smallest absolute Gasteiger partial charge is 0.346 e. The van der Waals surface area contributed by atoms with Crippen molar-refractivity contribution >= 4 is 5.96 Å². The Morgan fingerprint density at radius 3 is 2.76 bits per heavy atom. The zero-order valence-corrected chi connectivity index (χ0v) is 14.5. The molecule has 3 aliphatic rings. The number of halogens is 1. The first-order valence-corrected chi connectivity index (χ1v) is 8.29. The summed E-state index contributed by atoms with van der Waals surface area (Å²) in [7, 11) is 0. The topological polar surface area (TPSA) is 133 Å². The average Bonchev–Trinajstić information content (AvgIpc) is 2.95. The predicted octanol–water partition coefficient (Wildman–Crippen LogP) is -5.43. The Morgan fingerprint density at radius 2 is 2.04 bits per heavy atom. The molecule has 0 aliphatic carbocycles. The summed E-state index contributed by atoms with van der Waals surface area (Å²) in [5.74, 6) is 1.03. The summed E-state index contributed by atoms with van der Waals surface area (Å²) in [5.41, 5.74) is -0.990. The van der Waals surface area contributed by atoms with Gasteiger partial charge in [-0.25, -0.2) is 4.79 Å². The van der Waals surface area contributed by atoms with Gasteiger partial charge in [0.2, 0.25) is 0 Å². The maximum absolute atomic E-state index is 11.5. The molecule has 1 saturated heterocycles. The van der Waals surface area contributed by atoms with Gasteiger partial charge in [0.05, 0.1) is 24.4 Å². The van der Waals surface area contributed by atoms with Crippen LogP contribution in [0.25, 0.3) is 0 Å². The van der Waals surface area contributed by atoms with Crippen LogP contribution in [0.2, 0.25) is 0 Å². The molecule has 0 radical (unpaired) electrons. The second-order valence-electron chi connectivity index (χ2n) is 6.99. The first kappa shape index (κ1) is 18.0. The van der Waals surface area contributed by atoms with Crippen LogP contribution < -0.4 is 34.3 Å². The summed E-state index contributed by atoms with van der Waals surface area (Å²) in [4.78, 5) is 27.5. The molecule has 0 bridgehead atoms. The Kier molecular flexibility index (Phi) is 4.65. The van der Waals surface area contributed by atoms with E-state index in [0.717, 1.165) is 12.5 Å². The predicted molar refractivity (Wildman–Crippen MR) is 84.8 cm³/mol. The highest BCUT2D eigenvalue weighted by Gasteiger charge is 2.50. The third-order valence-electron chi connectivity index (χ3n) is 5.54. The lowest BCUT2D eigenvalue weighted by atomic mass is 9.82. The molecule has 6 atom stereocenters. The van der Waals surface area contributed by atoms with Crippen LogP contribution in [0.1, 0.15) is 31.6 Å². The Balaban J connectivity index is 0.00000182. The normalized spacial score (nSPS) is 34.4. The van der Waals surface area contributed by atoms with Crippen molar-refractivity contribution in [2.45, 2.75) is 50.1 Å². The monoisotopic (exact) mass is 371 g/mol. The van der Waals surface area contributed by atoms with E-state index in [-0.39, 0.29) is 48.2 Å². The van der Waals surface area contributed by atoms with Crippen LogP contribution in [0.5, 0.6) is 0 Å². The summed E-state index contributed by atoms with van der Waals surface area (Å²) in [5, 5.41) is 27.5. The van der Waals surface area contributed by atoms with Crippen LogP contribution in [0.15, 0.2) is 15.7 Å². The summed E-state index contributed by atoms with van der Waals surface area (Å²) in [6, 6.07) is 1.19. The van der Waals surface area contributed by atoms with E-state index in [4.69, 9.17) is 0 Å². The largest absolute Gasteiger partial charge is 1.00 e. The van der Waals surface area contributed by atoms with Crippen LogP contribution in [-0.4, -0.2) is 61.5 Å². The van der Waals surface area contributed by atoms with Crippen LogP contribution in [0.4, 0.5) is 0 Å². The molecule has 1 unspecified atom stereocenters. The van der Waals surface area contributed by atoms with Gasteiger partial charge in [-0.2, -0.15) is 0 Å². The molecule has 25 heavy (non-hydrogen) atoms. The molecule has 138 valence electrons. The number of piperidine rings is 1. The Hall–Kier alpha value is -1.84. The zero-order chi connectivity index (χ0) is 17.0. The van der Waals surface area contributed by atoms with E-state index in [1.807, 2.05) is 0 Å². The SMILES string of the molecule is C[C@@H]1[C@H]2CNC3=[N+]2[C@@H](C[C@@H](C(O)c2cc(=O)[nH]c(=O)[nH]2)N3)C[C@@H]1O.[Cl-]. The molecule has 10 heteroatoms. The van der Waals surface area contributed by atoms with Gasteiger partial charge in [-0.1, -0.05) is 6.92 Å². The molecule has 4 heterocycles. The van der Waals surface area contributed by atoms with Gasteiger partial charge in [-0.05, 0) is 0 Å². The minimum absolute atomic E-state index is 0. The molecule has 4 rings (SSSR count). The number of aliphatic hydroxyl groups is 2. The van der Waals surface area contributed by atoms with Crippen LogP contribution in [-0.2, 0) is 0 Å². The van der Waals surface area contributed by atoms with Crippen LogP contribution in [0, 0.1) is 5.92 Å². The van der Waals surface area contributed by atoms with Crippen molar-refractivity contribution in [1.29, 1.82) is 0 Å². The van der Waals surface area contributed by atoms with Gasteiger partial charge in [0.25, 0.3) is 5.56 Å². The lowest BCUT2D eigenvalue weighted by molar-refractivity contribution is -0.621. The summed E-state index contributed by atoms with van der Waals surface area (Å²) in [6.45, 7) is 2.81. The van der Waals surface area contributed by atoms with E-state index < -0.39 is 17.4 Å². The highest BCUT2D eigenvalue weighted by molar-refractivity contribution is 5.77. The highest BCUT2D eigenvalue weighted by Crippen LogP contribution is 2.33. The highest BCUT2D eigenvalue weighted by atomic mass is 35.5. The molecule has 0 saturated carbocycles. The minimum atomic E-state index is -1.02. The summed E-state index contributed by atoms with van der Waals surface area (Å²) >= 11 is 0. The molecule has 6 N–H and O–H groups in total. The third-order valence-corrected chi connectivity index (χ3v) is 5.54. The van der Waals surface area contributed by atoms with E-state index >= 15 is 0 Å². The number of nitrogens with one attached hydrogen (secondary N) is 4. The fourth-order valence-electron chi connectivity index (χ4n) is 4.25. The van der Waals surface area contributed by atoms with Gasteiger partial charge in [-0.15, -0.1) is 0 Å². The number of aromatic amines is 2. The van der Waals surface area contributed by atoms with E-state index in [1.54, 1.807) is 0 Å². The summed E-state index contributed by atoms with van der Waals surface area (Å²) < 4.78 is 2.27. The van der Waals surface area contributed by atoms with Crippen molar-refractivity contribution in [1.82, 2.24) is 20.6 Å². The molecule has 9 nitrogen and oxygen atoms in total. The van der Waals surface area contributed by atoms with Gasteiger partial charge in [0.1, 0.15) is 18.2 Å². The summed E-state index contributed by atoms with van der Waals surface area (Å²) in [6.07, 6.45) is -0.138. The molecular weight excluding hydrogens is 350 g/mol. The molecule has 1 aromatic heterocycles. The zero-order valence-electron chi connectivity index (χ0n) is 13.7. The number of nitrogens with zero attached hydrogens (tertiary/aromatic N) is 1. The van der Waals surface area contributed by atoms with Crippen molar-refractivity contribution in [3.05, 3.63) is 32.6 Å². The Labute approximate surface area is 149 Å². The third kappa shape index (κ3) is 2.96. The van der Waals surface area contributed by atoms with E-state index in [2.05, 4.69) is 32.1 Å². The van der Waals surface area contributed by atoms with E-state index in [0.29, 0.717) is 12.8 Å². The van der Waals surface area contributed by atoms with Crippen molar-refractivity contribution in [3.8, 4) is 0 Å². The molecular formula is C15H22ClN5O4. The minimum Gasteiger partial charge on any atom is -1.00 e. The van der Waals surface area contributed by atoms with Gasteiger partial charge < -0.3 is 27.6 Å². The van der Waals surface area contributed by atoms with Crippen molar-refractivity contribution in [3.63, 3.8) is 0 Å². The van der Waals surface area contributed by atoms with Crippen LogP contribution in [0.3, 0.4) is 0 Å². The van der Waals surface area contributed by atoms with Crippen molar-refractivity contribution < 1.29 is 27.2 Å². The fourth-order valence-corrected chi connectivity index (χ4v) is 4.25. The van der Waals surface area contributed by atoms with E-state index in [1.165, 1.54) is 6.07 Å². The molecule has 1 fully saturated rings. The first-order chi connectivity index (χ1) is 11.4. The fraction of sp³-hybridized carbons (Fsp3) is 0.667. The number of aromatic nitrogens is 2. The van der Waals surface area contributed by atoms with Gasteiger partial charge in [0.15, 0.2) is 0 Å². The molecule has 0 spiro atoms. The maximum Gasteiger partial charge on any atom is 0.346 e. The standard InChI is InChI=1S/C15H21N5O4.ClH/c1-6-10-5-16-14-17-8(2-7(20(10)14)3-11(6)21)13(23)9-4-12(22)19-15(24)18-9;/h4,6-8,10-11,13,21,23H,2-3,5H2,1H3,(H3,16,17,18,19,22,24);1H/t6-,7+,8+,10-,11+,13?;/m1./s1. The first-order valence-electron chi connectivity index (χ1n) is 8.29. The van der Waals surface area contributed by atoms with Gasteiger partial charge >= 0.3 is 11.6 Å². The number of H-pyrrole nitrogens is 2. The van der Waals surface area contributed by atoms with E-state index in [9.17, 15) is 19.8 Å². The number of aliphatic hydroxyl groups excluding tert-OH is 2. The number of rotatable bonds is 2. The number of hydrogen-bond acceptors (Lipinski definition) is 6. The van der Waals surface area contributed by atoms with Crippen molar-refractivity contribution in [2.75, 3.05) is 6.54 Å². The van der Waals surface area contributed by atoms with Gasteiger partial charge in [0, 0.05) is 24.8 Å². The lowest BCUT2D eigenvalue weighted by Crippen LogP contribution is -3.00. The van der Waals surface area contributed by atoms with Crippen molar-refractivity contribution in [2.24, 2.45) is 5.92 Å². The molecule has 0 amide bonds. The number of hydrogen-bond donors (Lipinski definition) is 6. The lowest BCUT2D eigenvalue weighted by Gasteiger charge is -2.40. The number of guanidine groups is 1. The Morgan fingerprint density at radius 1 is 1.28 bits per heavy atom. The quantitative estimate of drug-likeness (QED) is 0.287. The molecule has 3 aliphatic heterocycles.